The van der Waals surface area contributed by atoms with Crippen molar-refractivity contribution >= 4 is 27.9 Å². The number of rotatable bonds is 7. The fourth-order valence-electron chi connectivity index (χ4n) is 2.74. The van der Waals surface area contributed by atoms with Crippen LogP contribution in [0.3, 0.4) is 0 Å². The first-order chi connectivity index (χ1) is 9.97. The number of carbonyl (C=O) groups is 1. The molecule has 2 aliphatic carbocycles. The Balaban J connectivity index is 1.87. The lowest BCUT2D eigenvalue weighted by Gasteiger charge is -2.20. The lowest BCUT2D eigenvalue weighted by Crippen LogP contribution is -2.24. The Morgan fingerprint density at radius 3 is 2.29 bits per heavy atom. The lowest BCUT2D eigenvalue weighted by atomic mass is 10.1. The predicted octanol–water partition coefficient (Wildman–Crippen LogP) is 2.82. The minimum Gasteiger partial charge on any atom is -0.486 e. The summed E-state index contributed by atoms with van der Waals surface area (Å²) in [5.41, 5.74) is 11.8. The molecule has 21 heavy (non-hydrogen) atoms. The van der Waals surface area contributed by atoms with Crippen molar-refractivity contribution in [3.63, 3.8) is 0 Å². The van der Waals surface area contributed by atoms with E-state index < -0.39 is 5.91 Å². The number of nitrogens with two attached hydrogens (primary N) is 2. The highest BCUT2D eigenvalue weighted by molar-refractivity contribution is 7.19. The molecule has 0 aromatic carbocycles. The van der Waals surface area contributed by atoms with Crippen LogP contribution >= 0.6 is 11.3 Å². The van der Waals surface area contributed by atoms with Gasteiger partial charge in [0.2, 0.25) is 0 Å². The van der Waals surface area contributed by atoms with Crippen LogP contribution < -0.4 is 21.5 Å². The molecule has 0 atom stereocenters. The third-order valence-electron chi connectivity index (χ3n) is 4.03. The Morgan fingerprint density at radius 1 is 1.29 bits per heavy atom. The van der Waals surface area contributed by atoms with Gasteiger partial charge in [0.25, 0.3) is 5.91 Å². The largest absolute Gasteiger partial charge is 0.486 e. The summed E-state index contributed by atoms with van der Waals surface area (Å²) >= 11 is 1.32. The van der Waals surface area contributed by atoms with E-state index in [-0.39, 0.29) is 6.10 Å². The first-order valence-corrected chi connectivity index (χ1v) is 8.44. The van der Waals surface area contributed by atoms with Crippen LogP contribution in [0.1, 0.15) is 49.2 Å². The normalized spacial score (nSPS) is 18.3. The molecule has 0 radical (unpaired) electrons. The van der Waals surface area contributed by atoms with Gasteiger partial charge < -0.3 is 21.5 Å². The van der Waals surface area contributed by atoms with Gasteiger partial charge in [0.15, 0.2) is 5.75 Å². The molecular weight excluding hydrogens is 286 g/mol. The zero-order valence-electron chi connectivity index (χ0n) is 12.5. The molecule has 2 fully saturated rings. The summed E-state index contributed by atoms with van der Waals surface area (Å²) in [7, 11) is 0. The van der Waals surface area contributed by atoms with Crippen LogP contribution in [-0.4, -0.2) is 18.1 Å². The first kappa shape index (κ1) is 14.5. The van der Waals surface area contributed by atoms with E-state index in [1.165, 1.54) is 37.0 Å². The van der Waals surface area contributed by atoms with E-state index in [1.807, 2.05) is 13.8 Å². The van der Waals surface area contributed by atoms with E-state index in [4.69, 9.17) is 16.2 Å². The summed E-state index contributed by atoms with van der Waals surface area (Å²) in [6.07, 6.45) is 5.16. The number of hydrogen-bond donors (Lipinski definition) is 3. The highest BCUT2D eigenvalue weighted by Crippen LogP contribution is 2.49. The molecule has 1 amide bonds. The molecular formula is C15H23N3O2S. The fraction of sp³-hybridized carbons (Fsp3) is 0.667. The van der Waals surface area contributed by atoms with Crippen LogP contribution in [0, 0.1) is 11.8 Å². The summed E-state index contributed by atoms with van der Waals surface area (Å²) in [6, 6.07) is 0.485. The average Bonchev–Trinajstić information content (AvgIpc) is 3.29. The Labute approximate surface area is 129 Å². The number of ether oxygens (including phenoxy) is 1. The van der Waals surface area contributed by atoms with Crippen LogP contribution in [0.2, 0.25) is 0 Å². The molecule has 0 bridgehead atoms. The quantitative estimate of drug-likeness (QED) is 0.722. The van der Waals surface area contributed by atoms with Gasteiger partial charge in [-0.15, -0.1) is 11.3 Å². The molecule has 116 valence electrons. The lowest BCUT2D eigenvalue weighted by molar-refractivity contribution is 0.100. The molecule has 3 rings (SSSR count). The molecule has 2 aliphatic rings. The molecule has 2 saturated carbocycles. The van der Waals surface area contributed by atoms with Gasteiger partial charge >= 0.3 is 0 Å². The number of amides is 1. The molecule has 0 saturated heterocycles. The maximum atomic E-state index is 11.5. The van der Waals surface area contributed by atoms with Gasteiger partial charge in [-0.1, -0.05) is 0 Å². The number of nitrogens with one attached hydrogen (secondary N) is 1. The van der Waals surface area contributed by atoms with Gasteiger partial charge in [0.1, 0.15) is 15.6 Å². The molecule has 1 aromatic rings. The van der Waals surface area contributed by atoms with Gasteiger partial charge in [-0.3, -0.25) is 4.79 Å². The van der Waals surface area contributed by atoms with Crippen molar-refractivity contribution in [3.8, 4) is 5.75 Å². The topological polar surface area (TPSA) is 90.4 Å². The van der Waals surface area contributed by atoms with Crippen LogP contribution in [0.4, 0.5) is 10.7 Å². The fourth-order valence-corrected chi connectivity index (χ4v) is 3.70. The molecule has 6 heteroatoms. The molecule has 0 aliphatic heterocycles. The van der Waals surface area contributed by atoms with Crippen LogP contribution in [-0.2, 0) is 0 Å². The van der Waals surface area contributed by atoms with E-state index in [0.29, 0.717) is 22.4 Å². The van der Waals surface area contributed by atoms with E-state index in [0.717, 1.165) is 16.8 Å². The Kier molecular flexibility index (Phi) is 3.73. The molecule has 1 aromatic heterocycles. The van der Waals surface area contributed by atoms with Crippen molar-refractivity contribution in [2.75, 3.05) is 11.1 Å². The van der Waals surface area contributed by atoms with Gasteiger partial charge in [-0.2, -0.15) is 0 Å². The summed E-state index contributed by atoms with van der Waals surface area (Å²) in [5, 5.41) is 4.46. The minimum atomic E-state index is -0.492. The third kappa shape index (κ3) is 3.10. The van der Waals surface area contributed by atoms with Crippen molar-refractivity contribution in [3.05, 3.63) is 4.88 Å². The van der Waals surface area contributed by atoms with Crippen LogP contribution in [0.15, 0.2) is 0 Å². The van der Waals surface area contributed by atoms with Gasteiger partial charge in [-0.25, -0.2) is 0 Å². The third-order valence-corrected chi connectivity index (χ3v) is 5.17. The van der Waals surface area contributed by atoms with Crippen molar-refractivity contribution in [1.82, 2.24) is 0 Å². The van der Waals surface area contributed by atoms with E-state index in [9.17, 15) is 4.79 Å². The number of nitrogen functional groups attached to an aromatic ring is 1. The first-order valence-electron chi connectivity index (χ1n) is 7.62. The minimum absolute atomic E-state index is 0.00322. The van der Waals surface area contributed by atoms with Crippen molar-refractivity contribution in [2.45, 2.75) is 51.7 Å². The Bertz CT molecular complexity index is 535. The number of thiophene rings is 1. The SMILES string of the molecule is CC(C)Oc1c(NC(C2CC2)C2CC2)sc(C(N)=O)c1N. The highest BCUT2D eigenvalue weighted by atomic mass is 32.1. The average molecular weight is 309 g/mol. The maximum absolute atomic E-state index is 11.5. The van der Waals surface area contributed by atoms with Crippen molar-refractivity contribution in [1.29, 1.82) is 0 Å². The number of primary amides is 1. The summed E-state index contributed by atoms with van der Waals surface area (Å²) in [6.45, 7) is 3.90. The zero-order chi connectivity index (χ0) is 15.1. The summed E-state index contributed by atoms with van der Waals surface area (Å²) in [4.78, 5) is 11.9. The van der Waals surface area contributed by atoms with Gasteiger partial charge in [0.05, 0.1) is 6.10 Å². The predicted molar refractivity (Wildman–Crippen MR) is 85.9 cm³/mol. The second-order valence-electron chi connectivity index (χ2n) is 6.38. The summed E-state index contributed by atoms with van der Waals surface area (Å²) < 4.78 is 5.82. The molecule has 0 unspecified atom stereocenters. The van der Waals surface area contributed by atoms with Gasteiger partial charge in [0, 0.05) is 6.04 Å². The molecule has 5 nitrogen and oxygen atoms in total. The molecule has 0 spiro atoms. The number of hydrogen-bond acceptors (Lipinski definition) is 5. The standard InChI is InChI=1S/C15H23N3O2S/c1-7(2)20-12-10(16)13(14(17)19)21-15(12)18-11(8-3-4-8)9-5-6-9/h7-9,11,18H,3-6,16H2,1-2H3,(H2,17,19). The smallest absolute Gasteiger partial charge is 0.261 e. The van der Waals surface area contributed by atoms with Crippen molar-refractivity contribution < 1.29 is 9.53 Å². The Morgan fingerprint density at radius 2 is 1.86 bits per heavy atom. The van der Waals surface area contributed by atoms with E-state index in [1.54, 1.807) is 0 Å². The van der Waals surface area contributed by atoms with Crippen molar-refractivity contribution in [2.24, 2.45) is 17.6 Å². The molecule has 5 N–H and O–H groups in total. The summed E-state index contributed by atoms with van der Waals surface area (Å²) in [5.74, 6) is 1.61. The monoisotopic (exact) mass is 309 g/mol. The Hall–Kier alpha value is -1.43. The van der Waals surface area contributed by atoms with Gasteiger partial charge in [-0.05, 0) is 51.4 Å². The second kappa shape index (κ2) is 5.40. The zero-order valence-corrected chi connectivity index (χ0v) is 13.3. The second-order valence-corrected chi connectivity index (χ2v) is 7.40. The van der Waals surface area contributed by atoms with Crippen LogP contribution in [0.5, 0.6) is 5.75 Å². The van der Waals surface area contributed by atoms with E-state index >= 15 is 0 Å². The number of carbonyl (C=O) groups excluding carboxylic acids is 1. The number of anilines is 2. The molecule has 1 heterocycles. The van der Waals surface area contributed by atoms with Crippen LogP contribution in [0.25, 0.3) is 0 Å². The van der Waals surface area contributed by atoms with E-state index in [2.05, 4.69) is 5.32 Å². The maximum Gasteiger partial charge on any atom is 0.261 e. The highest BCUT2D eigenvalue weighted by Gasteiger charge is 2.42.